The highest BCUT2D eigenvalue weighted by Crippen LogP contribution is 2.41. The first-order chi connectivity index (χ1) is 12.1. The Bertz CT molecular complexity index is 486. The van der Waals surface area contributed by atoms with Crippen LogP contribution in [-0.2, 0) is 28.6 Å². The molecule has 2 heterocycles. The summed E-state index contributed by atoms with van der Waals surface area (Å²) in [5.41, 5.74) is -0.335. The molecule has 0 radical (unpaired) electrons. The van der Waals surface area contributed by atoms with Gasteiger partial charge in [-0.3, -0.25) is 14.4 Å². The summed E-state index contributed by atoms with van der Waals surface area (Å²) in [5, 5.41) is 2.00. The molecule has 0 aromatic carbocycles. The van der Waals surface area contributed by atoms with Gasteiger partial charge in [0.1, 0.15) is 0 Å². The maximum atomic E-state index is 12.3. The summed E-state index contributed by atoms with van der Waals surface area (Å²) < 4.78 is 15.6. The number of carbonyl (C=O) groups is 2. The fraction of sp³-hybridized carbons (Fsp3) is 0.895. The van der Waals surface area contributed by atoms with Crippen LogP contribution >= 0.6 is 0 Å². The molecule has 0 amide bonds. The molecule has 2 rings (SSSR count). The molecule has 2 aliphatic heterocycles. The normalized spacial score (nSPS) is 28.6. The second-order valence-electron chi connectivity index (χ2n) is 8.45. The van der Waals surface area contributed by atoms with Gasteiger partial charge in [-0.05, 0) is 59.8 Å². The molecule has 0 aromatic rings. The molecule has 0 saturated carbocycles. The molecule has 7 nitrogen and oxygen atoms in total. The highest BCUT2D eigenvalue weighted by Gasteiger charge is 2.49. The number of nitrogens with zero attached hydrogens (tertiary/aromatic N) is 1. The van der Waals surface area contributed by atoms with E-state index in [4.69, 9.17) is 19.0 Å². The second-order valence-corrected chi connectivity index (χ2v) is 8.45. The van der Waals surface area contributed by atoms with Crippen LogP contribution in [0.15, 0.2) is 0 Å². The Morgan fingerprint density at radius 3 is 2.04 bits per heavy atom. The van der Waals surface area contributed by atoms with E-state index in [2.05, 4.69) is 27.7 Å². The van der Waals surface area contributed by atoms with Crippen LogP contribution in [0.1, 0.15) is 59.8 Å². The van der Waals surface area contributed by atoms with Crippen molar-refractivity contribution >= 4 is 11.9 Å². The average molecular weight is 371 g/mol. The zero-order valence-corrected chi connectivity index (χ0v) is 16.9. The van der Waals surface area contributed by atoms with Crippen LogP contribution in [0.2, 0.25) is 0 Å². The summed E-state index contributed by atoms with van der Waals surface area (Å²) >= 11 is 0. The van der Waals surface area contributed by atoms with Gasteiger partial charge in [-0.2, -0.15) is 5.06 Å². The van der Waals surface area contributed by atoms with Crippen molar-refractivity contribution in [1.82, 2.24) is 5.06 Å². The molecule has 0 bridgehead atoms. The summed E-state index contributed by atoms with van der Waals surface area (Å²) in [4.78, 5) is 30.9. The van der Waals surface area contributed by atoms with Crippen LogP contribution in [0, 0.1) is 11.8 Å². The second kappa shape index (κ2) is 8.23. The Morgan fingerprint density at radius 2 is 1.54 bits per heavy atom. The van der Waals surface area contributed by atoms with Crippen molar-refractivity contribution in [3.63, 3.8) is 0 Å². The van der Waals surface area contributed by atoms with E-state index in [0.29, 0.717) is 13.0 Å². The summed E-state index contributed by atoms with van der Waals surface area (Å²) in [6.45, 7) is 9.10. The van der Waals surface area contributed by atoms with Crippen molar-refractivity contribution in [2.75, 3.05) is 20.8 Å². The number of hydroxylamine groups is 2. The van der Waals surface area contributed by atoms with Crippen molar-refractivity contribution in [3.8, 4) is 0 Å². The minimum Gasteiger partial charge on any atom is -0.468 e. The molecule has 1 unspecified atom stereocenters. The number of piperidine rings is 1. The van der Waals surface area contributed by atoms with Crippen molar-refractivity contribution < 1.29 is 28.6 Å². The van der Waals surface area contributed by atoms with Crippen molar-refractivity contribution in [2.45, 2.75) is 77.2 Å². The van der Waals surface area contributed by atoms with Crippen LogP contribution < -0.4 is 0 Å². The standard InChI is InChI=1S/C19H33NO6/c1-18(2)10-8-11-19(3,4)20(18)26-17-13(9-7-12-25-17)14(15(21)23-5)16(22)24-6/h13-14,17H,7-12H2,1-6H3/t13-,17?/m1/s1. The van der Waals surface area contributed by atoms with Gasteiger partial charge in [0.15, 0.2) is 12.2 Å². The monoisotopic (exact) mass is 371 g/mol. The molecule has 0 N–H and O–H groups in total. The van der Waals surface area contributed by atoms with Gasteiger partial charge in [-0.15, -0.1) is 0 Å². The summed E-state index contributed by atoms with van der Waals surface area (Å²) in [5.74, 6) is -2.72. The van der Waals surface area contributed by atoms with Gasteiger partial charge in [-0.25, -0.2) is 0 Å². The Kier molecular flexibility index (Phi) is 6.69. The van der Waals surface area contributed by atoms with Gasteiger partial charge in [0, 0.05) is 23.6 Å². The number of rotatable bonds is 5. The van der Waals surface area contributed by atoms with Gasteiger partial charge in [0.2, 0.25) is 0 Å². The molecule has 0 aromatic heterocycles. The zero-order valence-electron chi connectivity index (χ0n) is 16.9. The van der Waals surface area contributed by atoms with E-state index in [-0.39, 0.29) is 11.1 Å². The smallest absolute Gasteiger partial charge is 0.320 e. The first-order valence-electron chi connectivity index (χ1n) is 9.38. The molecule has 2 atom stereocenters. The quantitative estimate of drug-likeness (QED) is 0.543. The van der Waals surface area contributed by atoms with Crippen LogP contribution in [0.5, 0.6) is 0 Å². The van der Waals surface area contributed by atoms with E-state index in [9.17, 15) is 9.59 Å². The number of hydrogen-bond donors (Lipinski definition) is 0. The maximum Gasteiger partial charge on any atom is 0.320 e. The van der Waals surface area contributed by atoms with Crippen molar-refractivity contribution in [3.05, 3.63) is 0 Å². The zero-order chi connectivity index (χ0) is 19.5. The Hall–Kier alpha value is -1.18. The van der Waals surface area contributed by atoms with E-state index in [0.717, 1.165) is 25.7 Å². The highest BCUT2D eigenvalue weighted by atomic mass is 16.8. The lowest BCUT2D eigenvalue weighted by atomic mass is 9.82. The van der Waals surface area contributed by atoms with Crippen molar-refractivity contribution in [1.29, 1.82) is 0 Å². The number of methoxy groups -OCH3 is 2. The predicted octanol–water partition coefficient (Wildman–Crippen LogP) is 2.68. The minimum absolute atomic E-state index is 0.168. The third kappa shape index (κ3) is 4.38. The maximum absolute atomic E-state index is 12.3. The van der Waals surface area contributed by atoms with Gasteiger partial charge in [0.25, 0.3) is 0 Å². The SMILES string of the molecule is COC(=O)C(C(=O)OC)[C@H]1CCCOC1ON1C(C)(C)CCCC1(C)C. The van der Waals surface area contributed by atoms with Crippen molar-refractivity contribution in [2.24, 2.45) is 11.8 Å². The lowest BCUT2D eigenvalue weighted by Gasteiger charge is -2.53. The van der Waals surface area contributed by atoms with Gasteiger partial charge in [-0.1, -0.05) is 0 Å². The van der Waals surface area contributed by atoms with Gasteiger partial charge in [0.05, 0.1) is 14.2 Å². The lowest BCUT2D eigenvalue weighted by Crippen LogP contribution is -2.61. The molecule has 2 fully saturated rings. The first-order valence-corrected chi connectivity index (χ1v) is 9.38. The molecule has 0 spiro atoms. The molecule has 0 aliphatic carbocycles. The number of esters is 2. The number of ether oxygens (including phenoxy) is 3. The number of carbonyl (C=O) groups excluding carboxylic acids is 2. The first kappa shape index (κ1) is 21.1. The third-order valence-corrected chi connectivity index (χ3v) is 5.54. The third-order valence-electron chi connectivity index (χ3n) is 5.54. The van der Waals surface area contributed by atoms with Crippen LogP contribution in [0.25, 0.3) is 0 Å². The van der Waals surface area contributed by atoms with Gasteiger partial charge < -0.3 is 14.2 Å². The molecule has 150 valence electrons. The Balaban J connectivity index is 2.27. The Morgan fingerprint density at radius 1 is 1.00 bits per heavy atom. The lowest BCUT2D eigenvalue weighted by molar-refractivity contribution is -0.372. The molecular weight excluding hydrogens is 338 g/mol. The Labute approximate surface area is 156 Å². The fourth-order valence-electron chi connectivity index (χ4n) is 4.28. The molecule has 7 heteroatoms. The summed E-state index contributed by atoms with van der Waals surface area (Å²) in [6, 6.07) is 0. The molecular formula is C19H33NO6. The molecule has 2 saturated heterocycles. The van der Waals surface area contributed by atoms with Gasteiger partial charge >= 0.3 is 11.9 Å². The fourth-order valence-corrected chi connectivity index (χ4v) is 4.28. The van der Waals surface area contributed by atoms with E-state index in [1.165, 1.54) is 14.2 Å². The van der Waals surface area contributed by atoms with E-state index in [1.807, 2.05) is 5.06 Å². The summed E-state index contributed by atoms with van der Waals surface area (Å²) in [7, 11) is 2.54. The largest absolute Gasteiger partial charge is 0.468 e. The van der Waals surface area contributed by atoms with E-state index < -0.39 is 30.1 Å². The predicted molar refractivity (Wildman–Crippen MR) is 94.9 cm³/mol. The van der Waals surface area contributed by atoms with E-state index in [1.54, 1.807) is 0 Å². The minimum atomic E-state index is -1.05. The topological polar surface area (TPSA) is 74.3 Å². The summed E-state index contributed by atoms with van der Waals surface area (Å²) in [6.07, 6.45) is 3.83. The van der Waals surface area contributed by atoms with Crippen LogP contribution in [0.4, 0.5) is 0 Å². The molecule has 26 heavy (non-hydrogen) atoms. The average Bonchev–Trinajstić information content (AvgIpc) is 2.58. The molecule has 2 aliphatic rings. The highest BCUT2D eigenvalue weighted by molar-refractivity contribution is 5.95. The number of hydrogen-bond acceptors (Lipinski definition) is 7. The van der Waals surface area contributed by atoms with E-state index >= 15 is 0 Å². The van der Waals surface area contributed by atoms with Crippen LogP contribution in [-0.4, -0.2) is 55.2 Å². The van der Waals surface area contributed by atoms with Crippen LogP contribution in [0.3, 0.4) is 0 Å².